The molecule has 0 saturated heterocycles. The number of ketones is 1. The van der Waals surface area contributed by atoms with Gasteiger partial charge in [-0.1, -0.05) is 40.3 Å². The first-order valence-electron chi connectivity index (χ1n) is 11.4. The molecule has 2 aromatic rings. The number of rotatable bonds is 11. The zero-order chi connectivity index (χ0) is 24.9. The fraction of sp³-hybridized carbons (Fsp3) is 0.407. The van der Waals surface area contributed by atoms with Gasteiger partial charge in [0, 0.05) is 30.8 Å². The molecule has 1 aromatic carbocycles. The Morgan fingerprint density at radius 1 is 1.15 bits per heavy atom. The van der Waals surface area contributed by atoms with Crippen LogP contribution in [0.25, 0.3) is 5.57 Å². The van der Waals surface area contributed by atoms with Gasteiger partial charge in [-0.3, -0.25) is 4.79 Å². The molecular weight excluding hydrogens is 422 g/mol. The Bertz CT molecular complexity index is 917. The summed E-state index contributed by atoms with van der Waals surface area (Å²) in [5.41, 5.74) is 4.38. The third-order valence-corrected chi connectivity index (χ3v) is 4.71. The number of allylic oxidation sites excluding steroid dienone is 3. The average molecular weight is 459 g/mol. The monoisotopic (exact) mass is 458 g/mol. The molecule has 33 heavy (non-hydrogen) atoms. The Balaban J connectivity index is 0.000000675. The number of benzene rings is 1. The first-order valence-corrected chi connectivity index (χ1v) is 11.4. The lowest BCUT2D eigenvalue weighted by Crippen LogP contribution is -2.18. The second-order valence-corrected chi connectivity index (χ2v) is 7.52. The van der Waals surface area contributed by atoms with Crippen molar-refractivity contribution in [2.24, 2.45) is 0 Å². The molecule has 4 nitrogen and oxygen atoms in total. The zero-order valence-corrected chi connectivity index (χ0v) is 20.4. The smallest absolute Gasteiger partial charge is 0.394 e. The van der Waals surface area contributed by atoms with E-state index >= 15 is 0 Å². The van der Waals surface area contributed by atoms with Crippen molar-refractivity contribution in [3.05, 3.63) is 66.4 Å². The largest absolute Gasteiger partial charge is 0.433 e. The number of ether oxygens (including phenoxy) is 1. The van der Waals surface area contributed by atoms with Crippen LogP contribution in [0.1, 0.15) is 71.4 Å². The second-order valence-electron chi connectivity index (χ2n) is 7.52. The minimum absolute atomic E-state index is 0.124. The van der Waals surface area contributed by atoms with E-state index in [9.17, 15) is 13.6 Å². The van der Waals surface area contributed by atoms with Gasteiger partial charge in [-0.25, -0.2) is 4.98 Å². The number of aromatic nitrogens is 1. The van der Waals surface area contributed by atoms with Crippen molar-refractivity contribution in [2.45, 2.75) is 72.8 Å². The lowest BCUT2D eigenvalue weighted by Gasteiger charge is -2.17. The maximum Gasteiger partial charge on any atom is 0.394 e. The van der Waals surface area contributed by atoms with E-state index in [-0.39, 0.29) is 11.5 Å². The van der Waals surface area contributed by atoms with Gasteiger partial charge in [0.25, 0.3) is 0 Å². The predicted molar refractivity (Wildman–Crippen MR) is 133 cm³/mol. The number of hydrogen-bond acceptors (Lipinski definition) is 4. The fourth-order valence-corrected chi connectivity index (χ4v) is 3.22. The van der Waals surface area contributed by atoms with Gasteiger partial charge in [-0.05, 0) is 73.2 Å². The zero-order valence-electron chi connectivity index (χ0n) is 20.4. The van der Waals surface area contributed by atoms with E-state index in [4.69, 9.17) is 0 Å². The van der Waals surface area contributed by atoms with Gasteiger partial charge in [0.2, 0.25) is 0 Å². The Kier molecular flexibility index (Phi) is 12.0. The Labute approximate surface area is 196 Å². The summed E-state index contributed by atoms with van der Waals surface area (Å²) in [4.78, 5) is 14.8. The Morgan fingerprint density at radius 3 is 2.27 bits per heavy atom. The standard InChI is InChI=1S/C21H26F2N2O.C6H10O/c1-5-8-15(6-2)19-16(7-3)13-14-24-20(19)25-17-9-11-18(12-10-17)26-21(4,22)23;1-3-5-6(7)4-2/h8-14H,5-7H2,1-4H3,(H,24,25);4H,2-3,5H2,1H3/b15-8+;. The number of halogens is 2. The van der Waals surface area contributed by atoms with E-state index in [1.807, 2.05) is 13.0 Å². The molecule has 180 valence electrons. The quantitative estimate of drug-likeness (QED) is 0.345. The van der Waals surface area contributed by atoms with Gasteiger partial charge >= 0.3 is 6.11 Å². The SMILES string of the molecule is C=CC(=O)CCC.CC/C=C(\CC)c1c(CC)ccnc1Nc1ccc(OC(C)(F)F)cc1. The summed E-state index contributed by atoms with van der Waals surface area (Å²) in [6, 6.07) is 8.50. The number of nitrogens with zero attached hydrogens (tertiary/aromatic N) is 1. The van der Waals surface area contributed by atoms with Gasteiger partial charge in [-0.2, -0.15) is 8.78 Å². The summed E-state index contributed by atoms with van der Waals surface area (Å²) in [5, 5.41) is 3.32. The van der Waals surface area contributed by atoms with Crippen LogP contribution in [0.3, 0.4) is 0 Å². The number of nitrogens with one attached hydrogen (secondary N) is 1. The van der Waals surface area contributed by atoms with E-state index < -0.39 is 6.11 Å². The lowest BCUT2D eigenvalue weighted by molar-refractivity contribution is -0.158. The number of aryl methyl sites for hydroxylation is 1. The molecule has 0 aliphatic heterocycles. The van der Waals surface area contributed by atoms with Gasteiger partial charge in [0.1, 0.15) is 11.6 Å². The second kappa shape index (κ2) is 14.2. The maximum atomic E-state index is 12.9. The van der Waals surface area contributed by atoms with Gasteiger partial charge in [0.15, 0.2) is 5.78 Å². The summed E-state index contributed by atoms with van der Waals surface area (Å²) in [7, 11) is 0. The Hall–Kier alpha value is -3.02. The molecule has 0 radical (unpaired) electrons. The van der Waals surface area contributed by atoms with Gasteiger partial charge in [0.05, 0.1) is 0 Å². The van der Waals surface area contributed by atoms with Crippen molar-refractivity contribution in [3.63, 3.8) is 0 Å². The topological polar surface area (TPSA) is 51.2 Å². The molecule has 0 atom stereocenters. The van der Waals surface area contributed by atoms with Crippen LogP contribution < -0.4 is 10.1 Å². The van der Waals surface area contributed by atoms with E-state index in [2.05, 4.69) is 48.5 Å². The predicted octanol–water partition coefficient (Wildman–Crippen LogP) is 8.12. The Morgan fingerprint density at radius 2 is 1.82 bits per heavy atom. The van der Waals surface area contributed by atoms with Crippen LogP contribution in [0.4, 0.5) is 20.3 Å². The fourth-order valence-electron chi connectivity index (χ4n) is 3.22. The van der Waals surface area contributed by atoms with Crippen LogP contribution in [0.2, 0.25) is 0 Å². The first kappa shape index (κ1) is 28.0. The first-order chi connectivity index (χ1) is 15.7. The summed E-state index contributed by atoms with van der Waals surface area (Å²) in [6.45, 7) is 12.4. The summed E-state index contributed by atoms with van der Waals surface area (Å²) in [6.07, 6.45) is 6.53. The number of alkyl halides is 2. The molecule has 0 amide bonds. The van der Waals surface area contributed by atoms with Crippen LogP contribution in [0.5, 0.6) is 5.75 Å². The van der Waals surface area contributed by atoms with Crippen molar-refractivity contribution in [3.8, 4) is 5.75 Å². The molecule has 2 rings (SSSR count). The third-order valence-electron chi connectivity index (χ3n) is 4.71. The van der Waals surface area contributed by atoms with Gasteiger partial charge < -0.3 is 10.1 Å². The maximum absolute atomic E-state index is 12.9. The van der Waals surface area contributed by atoms with E-state index in [0.29, 0.717) is 6.42 Å². The minimum atomic E-state index is -3.19. The summed E-state index contributed by atoms with van der Waals surface area (Å²) < 4.78 is 30.4. The van der Waals surface area contributed by atoms with E-state index in [0.717, 1.165) is 49.7 Å². The molecule has 0 unspecified atom stereocenters. The van der Waals surface area contributed by atoms with Crippen molar-refractivity contribution in [1.82, 2.24) is 4.98 Å². The third kappa shape index (κ3) is 9.98. The highest BCUT2D eigenvalue weighted by molar-refractivity contribution is 5.88. The minimum Gasteiger partial charge on any atom is -0.433 e. The number of pyridine rings is 1. The van der Waals surface area contributed by atoms with Crippen LogP contribution in [0, 0.1) is 0 Å². The van der Waals surface area contributed by atoms with Crippen molar-refractivity contribution in [1.29, 1.82) is 0 Å². The molecule has 1 heterocycles. The molecule has 0 spiro atoms. The molecule has 6 heteroatoms. The number of anilines is 2. The average Bonchev–Trinajstić information content (AvgIpc) is 2.78. The number of hydrogen-bond donors (Lipinski definition) is 1. The molecular formula is C27H36F2N2O2. The molecule has 0 saturated carbocycles. The van der Waals surface area contributed by atoms with Crippen LogP contribution in [-0.2, 0) is 11.2 Å². The molecule has 1 aromatic heterocycles. The van der Waals surface area contributed by atoms with Crippen molar-refractivity contribution >= 4 is 22.9 Å². The number of carbonyl (C=O) groups excluding carboxylic acids is 1. The highest BCUT2D eigenvalue weighted by Gasteiger charge is 2.23. The van der Waals surface area contributed by atoms with E-state index in [1.54, 1.807) is 18.3 Å². The van der Waals surface area contributed by atoms with Crippen molar-refractivity contribution in [2.75, 3.05) is 5.32 Å². The lowest BCUT2D eigenvalue weighted by atomic mass is 9.96. The van der Waals surface area contributed by atoms with Crippen molar-refractivity contribution < 1.29 is 18.3 Å². The highest BCUT2D eigenvalue weighted by atomic mass is 19.3. The van der Waals surface area contributed by atoms with Gasteiger partial charge in [-0.15, -0.1) is 0 Å². The summed E-state index contributed by atoms with van der Waals surface area (Å²) in [5.74, 6) is 1.04. The van der Waals surface area contributed by atoms with Crippen LogP contribution in [0.15, 0.2) is 55.3 Å². The van der Waals surface area contributed by atoms with Crippen LogP contribution >= 0.6 is 0 Å². The molecule has 0 aliphatic rings. The van der Waals surface area contributed by atoms with E-state index in [1.165, 1.54) is 29.3 Å². The summed E-state index contributed by atoms with van der Waals surface area (Å²) >= 11 is 0. The van der Waals surface area contributed by atoms with Crippen LogP contribution in [-0.4, -0.2) is 16.9 Å². The molecule has 1 N–H and O–H groups in total. The molecule has 0 bridgehead atoms. The molecule has 0 fully saturated rings. The number of carbonyl (C=O) groups is 1. The normalized spacial score (nSPS) is 11.3. The molecule has 0 aliphatic carbocycles. The highest BCUT2D eigenvalue weighted by Crippen LogP contribution is 2.32.